The normalized spacial score (nSPS) is 10.8. The molecule has 0 spiro atoms. The Hall–Kier alpha value is -2.14. The van der Waals surface area contributed by atoms with Gasteiger partial charge in [-0.3, -0.25) is 4.68 Å². The summed E-state index contributed by atoms with van der Waals surface area (Å²) < 4.78 is 14.7. The molecule has 1 aromatic carbocycles. The molecule has 0 amide bonds. The van der Waals surface area contributed by atoms with E-state index in [0.29, 0.717) is 6.54 Å². The molecular weight excluding hydrogens is 273 g/mol. The van der Waals surface area contributed by atoms with E-state index in [-0.39, 0.29) is 5.82 Å². The van der Waals surface area contributed by atoms with Gasteiger partial charge in [-0.25, -0.2) is 9.37 Å². The number of benzene rings is 1. The summed E-state index contributed by atoms with van der Waals surface area (Å²) >= 11 is 1.50. The van der Waals surface area contributed by atoms with Crippen LogP contribution in [0, 0.1) is 5.82 Å². The summed E-state index contributed by atoms with van der Waals surface area (Å²) in [6.45, 7) is 4.37. The molecule has 0 atom stereocenters. The molecule has 2 heterocycles. The van der Waals surface area contributed by atoms with Gasteiger partial charge in [-0.15, -0.1) is 6.58 Å². The summed E-state index contributed by atoms with van der Waals surface area (Å²) in [5.74, 6) is -0.233. The molecule has 3 rings (SSSR count). The van der Waals surface area contributed by atoms with Crippen LogP contribution in [0.2, 0.25) is 0 Å². The van der Waals surface area contributed by atoms with Crippen LogP contribution in [0.4, 0.5) is 4.39 Å². The lowest BCUT2D eigenvalue weighted by molar-refractivity contribution is 0.626. The maximum absolute atomic E-state index is 12.9. The molecular formula is C15H12FN3S. The van der Waals surface area contributed by atoms with Gasteiger partial charge < -0.3 is 0 Å². The third-order valence-electron chi connectivity index (χ3n) is 2.84. The molecule has 3 nitrogen and oxygen atoms in total. The molecule has 0 unspecified atom stereocenters. The molecule has 0 aliphatic heterocycles. The maximum Gasteiger partial charge on any atom is 0.123 e. The van der Waals surface area contributed by atoms with E-state index in [1.807, 2.05) is 16.9 Å². The first-order valence-corrected chi connectivity index (χ1v) is 6.94. The Morgan fingerprint density at radius 2 is 2.05 bits per heavy atom. The zero-order chi connectivity index (χ0) is 13.9. The Morgan fingerprint density at radius 1 is 1.25 bits per heavy atom. The van der Waals surface area contributed by atoms with Crippen molar-refractivity contribution in [2.24, 2.45) is 0 Å². The highest BCUT2D eigenvalue weighted by molar-refractivity contribution is 7.99. The molecule has 2 aromatic heterocycles. The Bertz CT molecular complexity index is 749. The lowest BCUT2D eigenvalue weighted by Gasteiger charge is -2.02. The molecule has 0 bridgehead atoms. The summed E-state index contributed by atoms with van der Waals surface area (Å²) in [5.41, 5.74) is 0.980. The van der Waals surface area contributed by atoms with Crippen molar-refractivity contribution in [3.05, 3.63) is 61.2 Å². The van der Waals surface area contributed by atoms with Gasteiger partial charge >= 0.3 is 0 Å². The first-order valence-electron chi connectivity index (χ1n) is 6.12. The average molecular weight is 285 g/mol. The predicted octanol–water partition coefficient (Wildman–Crippen LogP) is 3.91. The monoisotopic (exact) mass is 285 g/mol. The van der Waals surface area contributed by atoms with Crippen molar-refractivity contribution >= 4 is 22.7 Å². The predicted molar refractivity (Wildman–Crippen MR) is 78.2 cm³/mol. The molecule has 0 aliphatic rings. The molecule has 0 aliphatic carbocycles. The minimum absolute atomic E-state index is 0.233. The van der Waals surface area contributed by atoms with E-state index in [4.69, 9.17) is 0 Å². The SMILES string of the molecule is C=CCn1ncc2cc(Sc3ccc(F)cc3)ncc21. The minimum atomic E-state index is -0.233. The van der Waals surface area contributed by atoms with E-state index in [1.165, 1.54) is 23.9 Å². The summed E-state index contributed by atoms with van der Waals surface area (Å²) in [6.07, 6.45) is 5.42. The first kappa shape index (κ1) is 12.9. The molecule has 3 aromatic rings. The van der Waals surface area contributed by atoms with Crippen LogP contribution in [0.3, 0.4) is 0 Å². The van der Waals surface area contributed by atoms with Gasteiger partial charge in [0.2, 0.25) is 0 Å². The molecule has 100 valence electrons. The zero-order valence-electron chi connectivity index (χ0n) is 10.7. The fourth-order valence-corrected chi connectivity index (χ4v) is 2.71. The third kappa shape index (κ3) is 2.58. The molecule has 5 heteroatoms. The Labute approximate surface area is 120 Å². The van der Waals surface area contributed by atoms with E-state index >= 15 is 0 Å². The number of rotatable bonds is 4. The van der Waals surface area contributed by atoms with Crippen LogP contribution in [-0.2, 0) is 6.54 Å². The highest BCUT2D eigenvalue weighted by Gasteiger charge is 2.05. The summed E-state index contributed by atoms with van der Waals surface area (Å²) in [4.78, 5) is 5.37. The van der Waals surface area contributed by atoms with Gasteiger partial charge in [0.05, 0.1) is 24.5 Å². The lowest BCUT2D eigenvalue weighted by atomic mass is 10.3. The highest BCUT2D eigenvalue weighted by atomic mass is 32.2. The second-order valence-corrected chi connectivity index (χ2v) is 5.35. The van der Waals surface area contributed by atoms with Crippen molar-refractivity contribution in [1.29, 1.82) is 0 Å². The fourth-order valence-electron chi connectivity index (χ4n) is 1.90. The van der Waals surface area contributed by atoms with Crippen LogP contribution in [0.1, 0.15) is 0 Å². The lowest BCUT2D eigenvalue weighted by Crippen LogP contribution is -1.96. The van der Waals surface area contributed by atoms with E-state index in [9.17, 15) is 4.39 Å². The number of fused-ring (bicyclic) bond motifs is 1. The van der Waals surface area contributed by atoms with E-state index in [2.05, 4.69) is 16.7 Å². The van der Waals surface area contributed by atoms with Gasteiger partial charge in [0.1, 0.15) is 10.8 Å². The van der Waals surface area contributed by atoms with Crippen molar-refractivity contribution in [2.75, 3.05) is 0 Å². The largest absolute Gasteiger partial charge is 0.259 e. The van der Waals surface area contributed by atoms with Crippen molar-refractivity contribution < 1.29 is 4.39 Å². The second-order valence-electron chi connectivity index (χ2n) is 4.25. The Balaban J connectivity index is 1.89. The first-order chi connectivity index (χ1) is 9.76. The van der Waals surface area contributed by atoms with E-state index in [0.717, 1.165) is 20.8 Å². The number of hydrogen-bond donors (Lipinski definition) is 0. The van der Waals surface area contributed by atoms with Crippen molar-refractivity contribution in [1.82, 2.24) is 14.8 Å². The highest BCUT2D eigenvalue weighted by Crippen LogP contribution is 2.28. The quantitative estimate of drug-likeness (QED) is 0.681. The number of aromatic nitrogens is 3. The van der Waals surface area contributed by atoms with Gasteiger partial charge in [0, 0.05) is 10.3 Å². The molecule has 20 heavy (non-hydrogen) atoms. The number of allylic oxidation sites excluding steroid dienone is 1. The fraction of sp³-hybridized carbons (Fsp3) is 0.0667. The van der Waals surface area contributed by atoms with Gasteiger partial charge in [0.25, 0.3) is 0 Å². The van der Waals surface area contributed by atoms with Gasteiger partial charge in [-0.2, -0.15) is 5.10 Å². The molecule has 0 fully saturated rings. The Morgan fingerprint density at radius 3 is 2.80 bits per heavy atom. The summed E-state index contributed by atoms with van der Waals surface area (Å²) in [5, 5.41) is 6.19. The van der Waals surface area contributed by atoms with Crippen LogP contribution < -0.4 is 0 Å². The van der Waals surface area contributed by atoms with Crippen LogP contribution in [0.15, 0.2) is 65.3 Å². The summed E-state index contributed by atoms with van der Waals surface area (Å²) in [6, 6.07) is 8.36. The topological polar surface area (TPSA) is 30.7 Å². The minimum Gasteiger partial charge on any atom is -0.259 e. The van der Waals surface area contributed by atoms with Crippen LogP contribution in [0.25, 0.3) is 10.9 Å². The third-order valence-corrected chi connectivity index (χ3v) is 3.78. The average Bonchev–Trinajstić information content (AvgIpc) is 2.85. The molecule has 0 radical (unpaired) electrons. The van der Waals surface area contributed by atoms with Gasteiger partial charge in [0.15, 0.2) is 0 Å². The number of pyridine rings is 1. The van der Waals surface area contributed by atoms with Gasteiger partial charge in [-0.1, -0.05) is 17.8 Å². The van der Waals surface area contributed by atoms with Crippen molar-refractivity contribution in [2.45, 2.75) is 16.5 Å². The summed E-state index contributed by atoms with van der Waals surface area (Å²) in [7, 11) is 0. The standard InChI is InChI=1S/C15H12FN3S/c1-2-7-19-14-10-17-15(8-11(14)9-18-19)20-13-5-3-12(16)4-6-13/h2-6,8-10H,1,7H2. The van der Waals surface area contributed by atoms with Crippen LogP contribution >= 0.6 is 11.8 Å². The van der Waals surface area contributed by atoms with E-state index in [1.54, 1.807) is 24.4 Å². The van der Waals surface area contributed by atoms with E-state index < -0.39 is 0 Å². The molecule has 0 saturated heterocycles. The van der Waals surface area contributed by atoms with Crippen LogP contribution in [-0.4, -0.2) is 14.8 Å². The number of halogens is 1. The number of hydrogen-bond acceptors (Lipinski definition) is 3. The zero-order valence-corrected chi connectivity index (χ0v) is 11.5. The van der Waals surface area contributed by atoms with Crippen LogP contribution in [0.5, 0.6) is 0 Å². The van der Waals surface area contributed by atoms with Crippen molar-refractivity contribution in [3.8, 4) is 0 Å². The van der Waals surface area contributed by atoms with Gasteiger partial charge in [-0.05, 0) is 30.3 Å². The smallest absolute Gasteiger partial charge is 0.123 e. The molecule has 0 N–H and O–H groups in total. The Kier molecular flexibility index (Phi) is 3.52. The number of nitrogens with zero attached hydrogens (tertiary/aromatic N) is 3. The van der Waals surface area contributed by atoms with Crippen molar-refractivity contribution in [3.63, 3.8) is 0 Å². The maximum atomic E-state index is 12.9. The molecule has 0 saturated carbocycles. The second kappa shape index (κ2) is 5.46.